The molecule has 1 aliphatic rings. The summed E-state index contributed by atoms with van der Waals surface area (Å²) < 4.78 is 5.01. The monoisotopic (exact) mass is 457 g/mol. The van der Waals surface area contributed by atoms with Gasteiger partial charge in [-0.2, -0.15) is 0 Å². The number of imide groups is 1. The zero-order valence-electron chi connectivity index (χ0n) is 17.2. The quantitative estimate of drug-likeness (QED) is 0.504. The van der Waals surface area contributed by atoms with Crippen LogP contribution in [0.25, 0.3) is 0 Å². The van der Waals surface area contributed by atoms with Crippen LogP contribution >= 0.6 is 11.6 Å². The average Bonchev–Trinajstić information content (AvgIpc) is 3.11. The lowest BCUT2D eigenvalue weighted by Crippen LogP contribution is -2.37. The Morgan fingerprint density at radius 1 is 1.03 bits per heavy atom. The van der Waals surface area contributed by atoms with Crippen molar-refractivity contribution in [1.29, 1.82) is 0 Å². The van der Waals surface area contributed by atoms with Crippen LogP contribution in [0.3, 0.4) is 0 Å². The second-order valence-corrected chi connectivity index (χ2v) is 7.43. The highest BCUT2D eigenvalue weighted by Crippen LogP contribution is 2.23. The number of carbonyl (C=O) groups is 5. The molecule has 1 saturated heterocycles. The van der Waals surface area contributed by atoms with Crippen molar-refractivity contribution in [3.8, 4) is 0 Å². The molecule has 9 nitrogen and oxygen atoms in total. The highest BCUT2D eigenvalue weighted by atomic mass is 35.5. The molecule has 1 heterocycles. The van der Waals surface area contributed by atoms with Gasteiger partial charge in [-0.3, -0.25) is 24.1 Å². The van der Waals surface area contributed by atoms with Gasteiger partial charge < -0.3 is 15.0 Å². The van der Waals surface area contributed by atoms with Crippen molar-refractivity contribution in [3.05, 3.63) is 59.1 Å². The van der Waals surface area contributed by atoms with E-state index in [0.717, 1.165) is 9.80 Å². The summed E-state index contributed by atoms with van der Waals surface area (Å²) in [6, 6.07) is 12.4. The minimum Gasteiger partial charge on any atom is -0.452 e. The summed E-state index contributed by atoms with van der Waals surface area (Å²) in [5, 5.41) is 2.97. The molecule has 1 aliphatic heterocycles. The Morgan fingerprint density at radius 2 is 1.66 bits per heavy atom. The van der Waals surface area contributed by atoms with Crippen LogP contribution in [0.4, 0.5) is 11.4 Å². The molecule has 0 radical (unpaired) electrons. The molecule has 0 atom stereocenters. The number of hydrogen-bond donors (Lipinski definition) is 1. The van der Waals surface area contributed by atoms with Gasteiger partial charge in [0, 0.05) is 19.9 Å². The lowest BCUT2D eigenvalue weighted by Gasteiger charge is -2.17. The van der Waals surface area contributed by atoms with Crippen molar-refractivity contribution < 1.29 is 28.7 Å². The number of amides is 4. The second-order valence-electron chi connectivity index (χ2n) is 7.02. The van der Waals surface area contributed by atoms with Gasteiger partial charge in [0.1, 0.15) is 0 Å². The maximum atomic E-state index is 12.2. The van der Waals surface area contributed by atoms with E-state index >= 15 is 0 Å². The van der Waals surface area contributed by atoms with E-state index < -0.39 is 24.4 Å². The standard InChI is InChI=1S/C22H20ClN3O6/c1-25(12-18(27)24-17-5-3-2-4-16(17)23)21(30)13-32-22(31)14-6-8-15(9-7-14)26-19(28)10-11-20(26)29/h2-9H,10-13H2,1H3,(H,24,27). The van der Waals surface area contributed by atoms with Gasteiger partial charge >= 0.3 is 5.97 Å². The van der Waals surface area contributed by atoms with Gasteiger partial charge in [-0.1, -0.05) is 23.7 Å². The number of hydrogen-bond acceptors (Lipinski definition) is 6. The van der Waals surface area contributed by atoms with Crippen molar-refractivity contribution >= 4 is 52.6 Å². The predicted octanol–water partition coefficient (Wildman–Crippen LogP) is 2.25. The molecular weight excluding hydrogens is 438 g/mol. The Morgan fingerprint density at radius 3 is 2.28 bits per heavy atom. The summed E-state index contributed by atoms with van der Waals surface area (Å²) in [4.78, 5) is 62.2. The SMILES string of the molecule is CN(CC(=O)Nc1ccccc1Cl)C(=O)COC(=O)c1ccc(N2C(=O)CCC2=O)cc1. The lowest BCUT2D eigenvalue weighted by atomic mass is 10.2. The number of ether oxygens (including phenoxy) is 1. The van der Waals surface area contributed by atoms with Gasteiger partial charge in [-0.25, -0.2) is 4.79 Å². The zero-order valence-corrected chi connectivity index (χ0v) is 17.9. The van der Waals surface area contributed by atoms with E-state index in [2.05, 4.69) is 5.32 Å². The number of para-hydroxylation sites is 1. The number of benzene rings is 2. The first-order valence-electron chi connectivity index (χ1n) is 9.67. The van der Waals surface area contributed by atoms with E-state index in [1.165, 1.54) is 31.3 Å². The Kier molecular flexibility index (Phi) is 7.21. The van der Waals surface area contributed by atoms with E-state index in [1.807, 2.05) is 0 Å². The van der Waals surface area contributed by atoms with Gasteiger partial charge in [0.15, 0.2) is 6.61 Å². The predicted molar refractivity (Wildman–Crippen MR) is 116 cm³/mol. The minimum absolute atomic E-state index is 0.153. The summed E-state index contributed by atoms with van der Waals surface area (Å²) >= 11 is 5.98. The molecule has 0 aromatic heterocycles. The van der Waals surface area contributed by atoms with Gasteiger partial charge in [0.05, 0.1) is 28.5 Å². The van der Waals surface area contributed by atoms with Crippen molar-refractivity contribution in [1.82, 2.24) is 4.90 Å². The Labute approximate surface area is 188 Å². The highest BCUT2D eigenvalue weighted by molar-refractivity contribution is 6.33. The Bertz CT molecular complexity index is 1050. The number of anilines is 2. The molecule has 0 spiro atoms. The van der Waals surface area contributed by atoms with E-state index in [-0.39, 0.29) is 36.8 Å². The largest absolute Gasteiger partial charge is 0.452 e. The fourth-order valence-electron chi connectivity index (χ4n) is 2.99. The van der Waals surface area contributed by atoms with Crippen LogP contribution in [0.5, 0.6) is 0 Å². The molecule has 4 amide bonds. The first kappa shape index (κ1) is 23.0. The molecule has 1 fully saturated rings. The van der Waals surface area contributed by atoms with Crippen molar-refractivity contribution in [2.24, 2.45) is 0 Å². The van der Waals surface area contributed by atoms with Crippen LogP contribution in [-0.2, 0) is 23.9 Å². The van der Waals surface area contributed by atoms with E-state index in [4.69, 9.17) is 16.3 Å². The number of esters is 1. The zero-order chi connectivity index (χ0) is 23.3. The van der Waals surface area contributed by atoms with Crippen molar-refractivity contribution in [2.75, 3.05) is 30.4 Å². The average molecular weight is 458 g/mol. The topological polar surface area (TPSA) is 113 Å². The molecule has 1 N–H and O–H groups in total. The first-order chi connectivity index (χ1) is 15.3. The summed E-state index contributed by atoms with van der Waals surface area (Å²) in [5.41, 5.74) is 0.946. The van der Waals surface area contributed by atoms with Crippen LogP contribution in [0, 0.1) is 0 Å². The number of halogens is 1. The van der Waals surface area contributed by atoms with Crippen molar-refractivity contribution in [2.45, 2.75) is 12.8 Å². The fraction of sp³-hybridized carbons (Fsp3) is 0.227. The third-order valence-electron chi connectivity index (χ3n) is 4.69. The van der Waals surface area contributed by atoms with Gasteiger partial charge in [-0.05, 0) is 36.4 Å². The summed E-state index contributed by atoms with van der Waals surface area (Å²) in [5.74, 6) is -2.37. The van der Waals surface area contributed by atoms with Gasteiger partial charge in [0.25, 0.3) is 5.91 Å². The van der Waals surface area contributed by atoms with Crippen LogP contribution in [0.15, 0.2) is 48.5 Å². The molecule has 0 saturated carbocycles. The Balaban J connectivity index is 1.49. The summed E-state index contributed by atoms with van der Waals surface area (Å²) in [6.07, 6.45) is 0.323. The number of likely N-dealkylation sites (N-methyl/N-ethyl adjacent to an activating group) is 1. The highest BCUT2D eigenvalue weighted by Gasteiger charge is 2.30. The van der Waals surface area contributed by atoms with Crippen molar-refractivity contribution in [3.63, 3.8) is 0 Å². The van der Waals surface area contributed by atoms with E-state index in [1.54, 1.807) is 24.3 Å². The molecule has 3 rings (SSSR count). The number of nitrogens with zero attached hydrogens (tertiary/aromatic N) is 2. The first-order valence-corrected chi connectivity index (χ1v) is 10.1. The van der Waals surface area contributed by atoms with Gasteiger partial charge in [0.2, 0.25) is 17.7 Å². The van der Waals surface area contributed by atoms with Crippen LogP contribution in [0.2, 0.25) is 5.02 Å². The molecular formula is C22H20ClN3O6. The normalized spacial score (nSPS) is 13.1. The number of nitrogens with one attached hydrogen (secondary N) is 1. The number of rotatable bonds is 7. The van der Waals surface area contributed by atoms with E-state index in [0.29, 0.717) is 16.4 Å². The Hall–Kier alpha value is -3.72. The molecule has 0 unspecified atom stereocenters. The third-order valence-corrected chi connectivity index (χ3v) is 5.02. The lowest BCUT2D eigenvalue weighted by molar-refractivity contribution is -0.136. The molecule has 166 valence electrons. The molecule has 32 heavy (non-hydrogen) atoms. The summed E-state index contributed by atoms with van der Waals surface area (Å²) in [7, 11) is 1.40. The molecule has 2 aromatic rings. The smallest absolute Gasteiger partial charge is 0.338 e. The second kappa shape index (κ2) is 10.1. The third kappa shape index (κ3) is 5.50. The minimum atomic E-state index is -0.752. The number of carbonyl (C=O) groups excluding carboxylic acids is 5. The maximum Gasteiger partial charge on any atom is 0.338 e. The molecule has 0 aliphatic carbocycles. The fourth-order valence-corrected chi connectivity index (χ4v) is 3.17. The molecule has 0 bridgehead atoms. The van der Waals surface area contributed by atoms with E-state index in [9.17, 15) is 24.0 Å². The molecule has 2 aromatic carbocycles. The van der Waals surface area contributed by atoms with Crippen LogP contribution in [0.1, 0.15) is 23.2 Å². The van der Waals surface area contributed by atoms with Gasteiger partial charge in [-0.15, -0.1) is 0 Å². The summed E-state index contributed by atoms with van der Waals surface area (Å²) in [6.45, 7) is -0.812. The van der Waals surface area contributed by atoms with Crippen LogP contribution < -0.4 is 10.2 Å². The molecule has 10 heteroatoms. The van der Waals surface area contributed by atoms with Crippen LogP contribution in [-0.4, -0.2) is 54.7 Å². The maximum absolute atomic E-state index is 12.2.